The van der Waals surface area contributed by atoms with Crippen molar-refractivity contribution in [3.05, 3.63) is 53.9 Å². The lowest BCUT2D eigenvalue weighted by Crippen LogP contribution is -2.14. The number of halogens is 2. The summed E-state index contributed by atoms with van der Waals surface area (Å²) >= 11 is 0. The van der Waals surface area contributed by atoms with Gasteiger partial charge in [-0.25, -0.2) is 13.8 Å². The maximum atomic E-state index is 13.6. The second-order valence-corrected chi connectivity index (χ2v) is 4.37. The van der Waals surface area contributed by atoms with Crippen LogP contribution in [-0.2, 0) is 0 Å². The molecule has 0 spiro atoms. The third-order valence-corrected chi connectivity index (χ3v) is 2.93. The molecule has 1 amide bonds. The van der Waals surface area contributed by atoms with E-state index in [9.17, 15) is 13.6 Å². The third kappa shape index (κ3) is 2.40. The van der Waals surface area contributed by atoms with Gasteiger partial charge in [-0.3, -0.25) is 4.79 Å². The van der Waals surface area contributed by atoms with Gasteiger partial charge in [-0.2, -0.15) is 0 Å². The first kappa shape index (κ1) is 13.0. The predicted molar refractivity (Wildman–Crippen MR) is 72.1 cm³/mol. The zero-order valence-electron chi connectivity index (χ0n) is 10.5. The van der Waals surface area contributed by atoms with E-state index in [-0.39, 0.29) is 22.5 Å². The predicted octanol–water partition coefficient (Wildman–Crippen LogP) is 2.80. The van der Waals surface area contributed by atoms with Crippen LogP contribution >= 0.6 is 0 Å². The number of hydrogen-bond acceptors (Lipinski definition) is 3. The Bertz CT molecular complexity index is 845. The highest BCUT2D eigenvalue weighted by Gasteiger charge is 2.16. The highest BCUT2D eigenvalue weighted by molar-refractivity contribution is 6.11. The second-order valence-electron chi connectivity index (χ2n) is 4.37. The molecule has 0 saturated heterocycles. The summed E-state index contributed by atoms with van der Waals surface area (Å²) in [5, 5.41) is 11.4. The fourth-order valence-electron chi connectivity index (χ4n) is 1.98. The number of H-pyrrole nitrogens is 1. The van der Waals surface area contributed by atoms with Crippen molar-refractivity contribution in [2.45, 2.75) is 0 Å². The summed E-state index contributed by atoms with van der Waals surface area (Å²) in [6.45, 7) is 0. The lowest BCUT2D eigenvalue weighted by Gasteiger charge is -2.07. The molecule has 5 nitrogen and oxygen atoms in total. The van der Waals surface area contributed by atoms with Gasteiger partial charge in [0.1, 0.15) is 22.9 Å². The van der Waals surface area contributed by atoms with Crippen molar-refractivity contribution in [3.8, 4) is 5.75 Å². The van der Waals surface area contributed by atoms with E-state index < -0.39 is 17.5 Å². The Balaban J connectivity index is 1.99. The number of rotatable bonds is 2. The lowest BCUT2D eigenvalue weighted by atomic mass is 10.1. The van der Waals surface area contributed by atoms with Crippen molar-refractivity contribution >= 4 is 22.6 Å². The van der Waals surface area contributed by atoms with Crippen LogP contribution in [0.3, 0.4) is 0 Å². The first-order chi connectivity index (χ1) is 10.0. The number of anilines is 1. The topological polar surface area (TPSA) is 78.0 Å². The van der Waals surface area contributed by atoms with Gasteiger partial charge in [0.05, 0.1) is 23.1 Å². The van der Waals surface area contributed by atoms with E-state index in [1.165, 1.54) is 24.5 Å². The Morgan fingerprint density at radius 3 is 2.81 bits per heavy atom. The molecular formula is C14H9F2N3O2. The molecule has 106 valence electrons. The van der Waals surface area contributed by atoms with Gasteiger partial charge in [-0.05, 0) is 24.3 Å². The molecule has 0 fully saturated rings. The molecule has 1 aromatic heterocycles. The molecule has 2 aromatic carbocycles. The number of aromatic amines is 1. The van der Waals surface area contributed by atoms with E-state index in [0.29, 0.717) is 5.52 Å². The van der Waals surface area contributed by atoms with Crippen LogP contribution in [0.1, 0.15) is 10.4 Å². The van der Waals surface area contributed by atoms with Crippen molar-refractivity contribution in [1.82, 2.24) is 9.97 Å². The number of carbonyl (C=O) groups excluding carboxylic acids is 1. The summed E-state index contributed by atoms with van der Waals surface area (Å²) in [4.78, 5) is 18.8. The van der Waals surface area contributed by atoms with Crippen LogP contribution in [0.25, 0.3) is 11.0 Å². The maximum Gasteiger partial charge on any atom is 0.258 e. The molecule has 0 radical (unpaired) electrons. The van der Waals surface area contributed by atoms with Crippen molar-refractivity contribution < 1.29 is 18.7 Å². The summed E-state index contributed by atoms with van der Waals surface area (Å²) in [6, 6.07) is 5.54. The summed E-state index contributed by atoms with van der Waals surface area (Å²) in [5.41, 5.74) is 0.517. The number of nitrogens with one attached hydrogen (secondary N) is 2. The SMILES string of the molecule is O=C(Nc1ccc(O)cc1F)c1cc(F)cc2[nH]cnc12. The Kier molecular flexibility index (Phi) is 3.02. The van der Waals surface area contributed by atoms with E-state index >= 15 is 0 Å². The largest absolute Gasteiger partial charge is 0.508 e. The summed E-state index contributed by atoms with van der Waals surface area (Å²) in [5.74, 6) is -2.36. The van der Waals surface area contributed by atoms with Gasteiger partial charge in [-0.1, -0.05) is 0 Å². The summed E-state index contributed by atoms with van der Waals surface area (Å²) in [7, 11) is 0. The molecule has 3 rings (SSSR count). The molecule has 3 N–H and O–H groups in total. The molecule has 1 heterocycles. The molecule has 0 aliphatic rings. The van der Waals surface area contributed by atoms with Gasteiger partial charge in [-0.15, -0.1) is 0 Å². The highest BCUT2D eigenvalue weighted by Crippen LogP contribution is 2.22. The van der Waals surface area contributed by atoms with E-state index in [0.717, 1.165) is 12.1 Å². The first-order valence-corrected chi connectivity index (χ1v) is 5.97. The average Bonchev–Trinajstić information content (AvgIpc) is 2.88. The minimum absolute atomic E-state index is 0.0151. The molecule has 0 unspecified atom stereocenters. The molecule has 0 bridgehead atoms. The molecule has 21 heavy (non-hydrogen) atoms. The quantitative estimate of drug-likeness (QED) is 0.635. The molecule has 7 heteroatoms. The Labute approximate surface area is 117 Å². The zero-order valence-corrected chi connectivity index (χ0v) is 10.5. The van der Waals surface area contributed by atoms with Crippen LogP contribution < -0.4 is 5.32 Å². The molecule has 0 saturated carbocycles. The number of phenols is 1. The average molecular weight is 289 g/mol. The zero-order chi connectivity index (χ0) is 15.0. The van der Waals surface area contributed by atoms with Gasteiger partial charge in [0.2, 0.25) is 0 Å². The van der Waals surface area contributed by atoms with Crippen molar-refractivity contribution in [1.29, 1.82) is 0 Å². The number of phenolic OH excluding ortho intramolecular Hbond substituents is 1. The normalized spacial score (nSPS) is 10.8. The van der Waals surface area contributed by atoms with Crippen molar-refractivity contribution in [2.75, 3.05) is 5.32 Å². The Morgan fingerprint density at radius 1 is 1.24 bits per heavy atom. The molecule has 0 atom stereocenters. The van der Waals surface area contributed by atoms with Gasteiger partial charge in [0.25, 0.3) is 5.91 Å². The lowest BCUT2D eigenvalue weighted by molar-refractivity contribution is 0.102. The molecular weight excluding hydrogens is 280 g/mol. The maximum absolute atomic E-state index is 13.6. The fourth-order valence-corrected chi connectivity index (χ4v) is 1.98. The number of imidazole rings is 1. The van der Waals surface area contributed by atoms with Gasteiger partial charge in [0, 0.05) is 6.07 Å². The van der Waals surface area contributed by atoms with Crippen LogP contribution in [0.4, 0.5) is 14.5 Å². The third-order valence-electron chi connectivity index (χ3n) is 2.93. The molecule has 3 aromatic rings. The number of carbonyl (C=O) groups is 1. The van der Waals surface area contributed by atoms with Crippen LogP contribution in [-0.4, -0.2) is 21.0 Å². The Morgan fingerprint density at radius 2 is 2.05 bits per heavy atom. The standard InChI is InChI=1S/C14H9F2N3O2/c15-7-3-9(13-12(4-7)17-6-18-13)14(21)19-11-2-1-8(20)5-10(11)16/h1-6,20H,(H,17,18)(H,19,21). The first-order valence-electron chi connectivity index (χ1n) is 5.97. The monoisotopic (exact) mass is 289 g/mol. The van der Waals surface area contributed by atoms with E-state index in [2.05, 4.69) is 15.3 Å². The minimum Gasteiger partial charge on any atom is -0.508 e. The molecule has 0 aliphatic heterocycles. The number of hydrogen-bond donors (Lipinski definition) is 3. The number of aromatic hydroxyl groups is 1. The van der Waals surface area contributed by atoms with Crippen LogP contribution in [0, 0.1) is 11.6 Å². The summed E-state index contributed by atoms with van der Waals surface area (Å²) < 4.78 is 27.1. The van der Waals surface area contributed by atoms with Gasteiger partial charge >= 0.3 is 0 Å². The van der Waals surface area contributed by atoms with Crippen LogP contribution in [0.5, 0.6) is 5.75 Å². The highest BCUT2D eigenvalue weighted by atomic mass is 19.1. The number of aromatic nitrogens is 2. The number of amides is 1. The number of fused-ring (bicyclic) bond motifs is 1. The number of nitrogens with zero attached hydrogens (tertiary/aromatic N) is 1. The van der Waals surface area contributed by atoms with Crippen molar-refractivity contribution in [3.63, 3.8) is 0 Å². The van der Waals surface area contributed by atoms with Gasteiger partial charge < -0.3 is 15.4 Å². The Hall–Kier alpha value is -2.96. The fraction of sp³-hybridized carbons (Fsp3) is 0. The van der Waals surface area contributed by atoms with E-state index in [1.54, 1.807) is 0 Å². The number of benzene rings is 2. The van der Waals surface area contributed by atoms with Crippen LogP contribution in [0.2, 0.25) is 0 Å². The second kappa shape index (κ2) is 4.86. The van der Waals surface area contributed by atoms with E-state index in [4.69, 9.17) is 5.11 Å². The van der Waals surface area contributed by atoms with Gasteiger partial charge in [0.15, 0.2) is 0 Å². The molecule has 0 aliphatic carbocycles. The minimum atomic E-state index is -0.793. The van der Waals surface area contributed by atoms with Crippen LogP contribution in [0.15, 0.2) is 36.7 Å². The van der Waals surface area contributed by atoms with Crippen molar-refractivity contribution in [2.24, 2.45) is 0 Å². The van der Waals surface area contributed by atoms with E-state index in [1.807, 2.05) is 0 Å². The summed E-state index contributed by atoms with van der Waals surface area (Å²) in [6.07, 6.45) is 1.34. The smallest absolute Gasteiger partial charge is 0.258 e.